The summed E-state index contributed by atoms with van der Waals surface area (Å²) in [6, 6.07) is 8.60. The number of rotatable bonds is 7. The lowest BCUT2D eigenvalue weighted by atomic mass is 9.98. The first-order chi connectivity index (χ1) is 9.15. The van der Waals surface area contributed by atoms with Gasteiger partial charge in [-0.15, -0.1) is 0 Å². The van der Waals surface area contributed by atoms with Crippen LogP contribution in [0.1, 0.15) is 38.3 Å². The molecular formula is C16H25NO2. The second kappa shape index (κ2) is 6.40. The van der Waals surface area contributed by atoms with Gasteiger partial charge in [0.15, 0.2) is 0 Å². The molecule has 3 heteroatoms. The van der Waals surface area contributed by atoms with Crippen molar-refractivity contribution in [1.29, 1.82) is 0 Å². The highest BCUT2D eigenvalue weighted by molar-refractivity contribution is 5.30. The molecule has 0 bridgehead atoms. The van der Waals surface area contributed by atoms with E-state index < -0.39 is 0 Å². The van der Waals surface area contributed by atoms with Crippen LogP contribution in [0, 0.1) is 5.92 Å². The van der Waals surface area contributed by atoms with E-state index in [1.165, 1.54) is 18.4 Å². The normalized spacial score (nSPS) is 18.4. The average molecular weight is 263 g/mol. The van der Waals surface area contributed by atoms with Gasteiger partial charge in [0, 0.05) is 7.11 Å². The SMILES string of the molecule is CNC(c1ccc(OC(C)C)cc1)C(OC)C1CC1. The highest BCUT2D eigenvalue weighted by atomic mass is 16.5. The number of hydrogen-bond acceptors (Lipinski definition) is 3. The van der Waals surface area contributed by atoms with Gasteiger partial charge in [0.05, 0.1) is 18.2 Å². The third kappa shape index (κ3) is 3.71. The maximum atomic E-state index is 5.68. The van der Waals surface area contributed by atoms with Gasteiger partial charge >= 0.3 is 0 Å². The van der Waals surface area contributed by atoms with Gasteiger partial charge in [-0.05, 0) is 57.4 Å². The van der Waals surface area contributed by atoms with E-state index in [9.17, 15) is 0 Å². The quantitative estimate of drug-likeness (QED) is 0.819. The van der Waals surface area contributed by atoms with Crippen molar-refractivity contribution >= 4 is 0 Å². The molecule has 0 saturated heterocycles. The van der Waals surface area contributed by atoms with Crippen LogP contribution in [0.25, 0.3) is 0 Å². The summed E-state index contributed by atoms with van der Waals surface area (Å²) in [4.78, 5) is 0. The van der Waals surface area contributed by atoms with Gasteiger partial charge in [-0.25, -0.2) is 0 Å². The van der Waals surface area contributed by atoms with Crippen molar-refractivity contribution in [2.24, 2.45) is 5.92 Å². The first kappa shape index (κ1) is 14.4. The molecule has 19 heavy (non-hydrogen) atoms. The smallest absolute Gasteiger partial charge is 0.119 e. The van der Waals surface area contributed by atoms with Crippen LogP contribution in [0.4, 0.5) is 0 Å². The van der Waals surface area contributed by atoms with Gasteiger partial charge in [-0.3, -0.25) is 0 Å². The van der Waals surface area contributed by atoms with Gasteiger partial charge < -0.3 is 14.8 Å². The van der Waals surface area contributed by atoms with Gasteiger partial charge in [0.1, 0.15) is 5.75 Å². The van der Waals surface area contributed by atoms with Crippen LogP contribution >= 0.6 is 0 Å². The minimum absolute atomic E-state index is 0.212. The fourth-order valence-corrected chi connectivity index (χ4v) is 2.57. The van der Waals surface area contributed by atoms with Crippen molar-refractivity contribution in [1.82, 2.24) is 5.32 Å². The molecule has 0 aliphatic heterocycles. The van der Waals surface area contributed by atoms with Crippen molar-refractivity contribution in [3.8, 4) is 5.75 Å². The standard InChI is InChI=1S/C16H25NO2/c1-11(2)19-14-9-7-12(8-10-14)15(17-3)16(18-4)13-5-6-13/h7-11,13,15-17H,5-6H2,1-4H3. The zero-order valence-electron chi connectivity index (χ0n) is 12.3. The van der Waals surface area contributed by atoms with Gasteiger partial charge in [-0.1, -0.05) is 12.1 Å². The lowest BCUT2D eigenvalue weighted by Gasteiger charge is -2.26. The Morgan fingerprint density at radius 3 is 2.21 bits per heavy atom. The molecule has 0 radical (unpaired) electrons. The molecule has 1 saturated carbocycles. The highest BCUT2D eigenvalue weighted by Crippen LogP contribution is 2.39. The first-order valence-corrected chi connectivity index (χ1v) is 7.12. The molecule has 3 nitrogen and oxygen atoms in total. The number of nitrogens with one attached hydrogen (secondary N) is 1. The minimum Gasteiger partial charge on any atom is -0.491 e. The first-order valence-electron chi connectivity index (χ1n) is 7.12. The van der Waals surface area contributed by atoms with Crippen LogP contribution in [-0.2, 0) is 4.74 Å². The zero-order chi connectivity index (χ0) is 13.8. The lowest BCUT2D eigenvalue weighted by molar-refractivity contribution is 0.0530. The van der Waals surface area contributed by atoms with Crippen LogP contribution in [0.15, 0.2) is 24.3 Å². The summed E-state index contributed by atoms with van der Waals surface area (Å²) < 4.78 is 11.4. The molecule has 2 atom stereocenters. The molecule has 1 aliphatic rings. The summed E-state index contributed by atoms with van der Waals surface area (Å²) in [6.07, 6.45) is 3.04. The zero-order valence-corrected chi connectivity index (χ0v) is 12.3. The second-order valence-electron chi connectivity index (χ2n) is 5.54. The molecule has 0 heterocycles. The Labute approximate surface area is 116 Å². The fourth-order valence-electron chi connectivity index (χ4n) is 2.57. The van der Waals surface area contributed by atoms with Crippen molar-refractivity contribution in [3.63, 3.8) is 0 Å². The van der Waals surface area contributed by atoms with E-state index in [0.29, 0.717) is 5.92 Å². The van der Waals surface area contributed by atoms with Crippen molar-refractivity contribution < 1.29 is 9.47 Å². The number of benzene rings is 1. The monoisotopic (exact) mass is 263 g/mol. The van der Waals surface area contributed by atoms with Gasteiger partial charge in [0.25, 0.3) is 0 Å². The Hall–Kier alpha value is -1.06. The summed E-state index contributed by atoms with van der Waals surface area (Å²) >= 11 is 0. The molecule has 1 aromatic carbocycles. The van der Waals surface area contributed by atoms with Crippen LogP contribution in [0.2, 0.25) is 0 Å². The second-order valence-corrected chi connectivity index (χ2v) is 5.54. The van der Waals surface area contributed by atoms with E-state index in [1.54, 1.807) is 0 Å². The van der Waals surface area contributed by atoms with Crippen LogP contribution < -0.4 is 10.1 Å². The number of methoxy groups -OCH3 is 1. The summed E-state index contributed by atoms with van der Waals surface area (Å²) in [7, 11) is 3.81. The van der Waals surface area contributed by atoms with Crippen LogP contribution in [0.3, 0.4) is 0 Å². The maximum Gasteiger partial charge on any atom is 0.119 e. The van der Waals surface area contributed by atoms with E-state index in [1.807, 2.05) is 40.1 Å². The van der Waals surface area contributed by atoms with Gasteiger partial charge in [0.2, 0.25) is 0 Å². The van der Waals surface area contributed by atoms with Gasteiger partial charge in [-0.2, -0.15) is 0 Å². The van der Waals surface area contributed by atoms with E-state index in [-0.39, 0.29) is 18.2 Å². The molecule has 1 N–H and O–H groups in total. The number of likely N-dealkylation sites (N-methyl/N-ethyl adjacent to an activating group) is 1. The Morgan fingerprint density at radius 1 is 1.16 bits per heavy atom. The predicted octanol–water partition coefficient (Wildman–Crippen LogP) is 3.16. The Kier molecular flexibility index (Phi) is 4.83. The molecule has 2 unspecified atom stereocenters. The van der Waals surface area contributed by atoms with E-state index >= 15 is 0 Å². The minimum atomic E-state index is 0.212. The Bertz CT molecular complexity index is 384. The molecule has 1 fully saturated rings. The Morgan fingerprint density at radius 2 is 1.79 bits per heavy atom. The summed E-state index contributed by atoms with van der Waals surface area (Å²) in [5.41, 5.74) is 1.26. The third-order valence-corrected chi connectivity index (χ3v) is 3.61. The Balaban J connectivity index is 2.09. The topological polar surface area (TPSA) is 30.5 Å². The van der Waals surface area contributed by atoms with E-state index in [2.05, 4.69) is 17.4 Å². The largest absolute Gasteiger partial charge is 0.491 e. The fraction of sp³-hybridized carbons (Fsp3) is 0.625. The molecule has 0 spiro atoms. The number of hydrogen-bond donors (Lipinski definition) is 1. The van der Waals surface area contributed by atoms with Crippen LogP contribution in [-0.4, -0.2) is 26.4 Å². The maximum absolute atomic E-state index is 5.68. The molecule has 106 valence electrons. The molecule has 0 amide bonds. The van der Waals surface area contributed by atoms with Crippen molar-refractivity contribution in [2.45, 2.75) is 44.9 Å². The van der Waals surface area contributed by atoms with E-state index in [0.717, 1.165) is 5.75 Å². The number of ether oxygens (including phenoxy) is 2. The third-order valence-electron chi connectivity index (χ3n) is 3.61. The molecule has 0 aromatic heterocycles. The predicted molar refractivity (Wildman–Crippen MR) is 77.5 cm³/mol. The average Bonchev–Trinajstić information content (AvgIpc) is 3.20. The summed E-state index contributed by atoms with van der Waals surface area (Å²) in [5.74, 6) is 1.63. The van der Waals surface area contributed by atoms with Crippen LogP contribution in [0.5, 0.6) is 5.75 Å². The lowest BCUT2D eigenvalue weighted by Crippen LogP contribution is -2.32. The highest BCUT2D eigenvalue weighted by Gasteiger charge is 2.36. The summed E-state index contributed by atoms with van der Waals surface area (Å²) in [5, 5.41) is 3.39. The molecule has 2 rings (SSSR count). The summed E-state index contributed by atoms with van der Waals surface area (Å²) in [6.45, 7) is 4.08. The molecular weight excluding hydrogens is 238 g/mol. The molecule has 1 aliphatic carbocycles. The van der Waals surface area contributed by atoms with E-state index in [4.69, 9.17) is 9.47 Å². The van der Waals surface area contributed by atoms with Crippen molar-refractivity contribution in [3.05, 3.63) is 29.8 Å². The van der Waals surface area contributed by atoms with Crippen molar-refractivity contribution in [2.75, 3.05) is 14.2 Å². The molecule has 1 aromatic rings.